The van der Waals surface area contributed by atoms with Gasteiger partial charge >= 0.3 is 5.97 Å². The van der Waals surface area contributed by atoms with Crippen LogP contribution >= 0.6 is 0 Å². The van der Waals surface area contributed by atoms with Crippen LogP contribution in [0.2, 0.25) is 0 Å². The highest BCUT2D eigenvalue weighted by atomic mass is 16.5. The Labute approximate surface area is 123 Å². The number of carbonyl (C=O) groups is 2. The molecule has 0 bridgehead atoms. The van der Waals surface area contributed by atoms with Crippen LogP contribution in [0, 0.1) is 10.8 Å². The molecule has 116 valence electrons. The molecule has 1 aromatic heterocycles. The Balaban J connectivity index is 2.06. The zero-order valence-electron chi connectivity index (χ0n) is 12.9. The maximum Gasteiger partial charge on any atom is 0.374 e. The molecule has 6 nitrogen and oxygen atoms in total. The molecule has 0 saturated heterocycles. The first-order valence-corrected chi connectivity index (χ1v) is 7.09. The first kappa shape index (κ1) is 15.5. The SMILES string of the molecule is CC1(C)CC(NC(=O)c2cc(C(=O)O)on2)CC(C)(C)C1. The van der Waals surface area contributed by atoms with Crippen molar-refractivity contribution in [2.75, 3.05) is 0 Å². The second-order valence-corrected chi connectivity index (χ2v) is 7.47. The summed E-state index contributed by atoms with van der Waals surface area (Å²) in [6, 6.07) is 1.21. The Morgan fingerprint density at radius 3 is 2.33 bits per heavy atom. The number of carbonyl (C=O) groups excluding carboxylic acids is 1. The lowest BCUT2D eigenvalue weighted by atomic mass is 9.63. The molecule has 21 heavy (non-hydrogen) atoms. The number of carboxylic acid groups (broad SMARTS) is 1. The maximum atomic E-state index is 12.1. The highest BCUT2D eigenvalue weighted by molar-refractivity contribution is 5.94. The fraction of sp³-hybridized carbons (Fsp3) is 0.667. The van der Waals surface area contributed by atoms with E-state index < -0.39 is 5.97 Å². The summed E-state index contributed by atoms with van der Waals surface area (Å²) in [5, 5.41) is 15.2. The molecule has 2 N–H and O–H groups in total. The molecule has 0 aliphatic heterocycles. The van der Waals surface area contributed by atoms with E-state index in [2.05, 4.69) is 42.7 Å². The van der Waals surface area contributed by atoms with Gasteiger partial charge in [0, 0.05) is 12.1 Å². The molecule has 0 atom stereocenters. The Morgan fingerprint density at radius 1 is 1.29 bits per heavy atom. The van der Waals surface area contributed by atoms with E-state index in [1.165, 1.54) is 0 Å². The molecule has 1 heterocycles. The van der Waals surface area contributed by atoms with Crippen LogP contribution in [-0.2, 0) is 0 Å². The highest BCUT2D eigenvalue weighted by Crippen LogP contribution is 2.45. The van der Waals surface area contributed by atoms with Crippen molar-refractivity contribution in [2.45, 2.75) is 53.0 Å². The van der Waals surface area contributed by atoms with Gasteiger partial charge in [0.2, 0.25) is 5.76 Å². The monoisotopic (exact) mass is 294 g/mol. The van der Waals surface area contributed by atoms with Crippen LogP contribution in [0.25, 0.3) is 0 Å². The fourth-order valence-electron chi connectivity index (χ4n) is 3.69. The van der Waals surface area contributed by atoms with Gasteiger partial charge in [-0.3, -0.25) is 4.79 Å². The standard InChI is InChI=1S/C15H22N2O4/c1-14(2)6-9(7-15(3,4)8-14)16-12(18)10-5-11(13(19)20)21-17-10/h5,9H,6-8H2,1-4H3,(H,16,18)(H,19,20). The summed E-state index contributed by atoms with van der Waals surface area (Å²) in [5.74, 6) is -1.95. The van der Waals surface area contributed by atoms with Crippen LogP contribution in [0.5, 0.6) is 0 Å². The third kappa shape index (κ3) is 3.83. The van der Waals surface area contributed by atoms with Crippen LogP contribution in [0.1, 0.15) is 68.0 Å². The molecule has 1 aromatic rings. The number of aromatic carboxylic acids is 1. The quantitative estimate of drug-likeness (QED) is 0.894. The smallest absolute Gasteiger partial charge is 0.374 e. The van der Waals surface area contributed by atoms with Crippen LogP contribution in [0.3, 0.4) is 0 Å². The van der Waals surface area contributed by atoms with E-state index in [9.17, 15) is 9.59 Å². The molecule has 1 amide bonds. The second kappa shape index (κ2) is 5.16. The van der Waals surface area contributed by atoms with Crippen molar-refractivity contribution in [2.24, 2.45) is 10.8 Å². The molecule has 0 radical (unpaired) electrons. The number of nitrogens with zero attached hydrogens (tertiary/aromatic N) is 1. The van der Waals surface area contributed by atoms with Gasteiger partial charge in [0.15, 0.2) is 5.69 Å². The number of nitrogens with one attached hydrogen (secondary N) is 1. The number of hydrogen-bond donors (Lipinski definition) is 2. The summed E-state index contributed by atoms with van der Waals surface area (Å²) in [7, 11) is 0. The Kier molecular flexibility index (Phi) is 3.82. The molecule has 2 rings (SSSR count). The van der Waals surface area contributed by atoms with Gasteiger partial charge in [-0.1, -0.05) is 32.9 Å². The van der Waals surface area contributed by atoms with E-state index in [1.54, 1.807) is 0 Å². The van der Waals surface area contributed by atoms with Gasteiger partial charge in [-0.25, -0.2) is 4.79 Å². The summed E-state index contributed by atoms with van der Waals surface area (Å²) in [6.45, 7) is 8.80. The number of aromatic nitrogens is 1. The fourth-order valence-corrected chi connectivity index (χ4v) is 3.69. The van der Waals surface area contributed by atoms with Crippen molar-refractivity contribution < 1.29 is 19.2 Å². The van der Waals surface area contributed by atoms with Crippen LogP contribution in [0.15, 0.2) is 10.6 Å². The summed E-state index contributed by atoms with van der Waals surface area (Å²) in [4.78, 5) is 22.9. The largest absolute Gasteiger partial charge is 0.475 e. The lowest BCUT2D eigenvalue weighted by Crippen LogP contribution is -2.46. The molecule has 1 aliphatic rings. The van der Waals surface area contributed by atoms with Gasteiger partial charge in [-0.2, -0.15) is 0 Å². The normalized spacial score (nSPS) is 21.0. The number of carboxylic acids is 1. The predicted octanol–water partition coefficient (Wildman–Crippen LogP) is 2.71. The number of rotatable bonds is 3. The van der Waals surface area contributed by atoms with Crippen molar-refractivity contribution in [3.8, 4) is 0 Å². The minimum absolute atomic E-state index is 0.00795. The second-order valence-electron chi connectivity index (χ2n) is 7.47. The van der Waals surface area contributed by atoms with E-state index in [0.29, 0.717) is 0 Å². The van der Waals surface area contributed by atoms with Gasteiger partial charge in [-0.15, -0.1) is 0 Å². The van der Waals surface area contributed by atoms with E-state index in [4.69, 9.17) is 5.11 Å². The van der Waals surface area contributed by atoms with Crippen molar-refractivity contribution in [3.05, 3.63) is 17.5 Å². The molecule has 0 aromatic carbocycles. The van der Waals surface area contributed by atoms with E-state index in [-0.39, 0.29) is 34.2 Å². The molecule has 1 fully saturated rings. The van der Waals surface area contributed by atoms with Gasteiger partial charge < -0.3 is 14.9 Å². The molecule has 6 heteroatoms. The molecule has 0 spiro atoms. The average Bonchev–Trinajstić information content (AvgIpc) is 2.72. The first-order valence-electron chi connectivity index (χ1n) is 7.09. The van der Waals surface area contributed by atoms with Crippen molar-refractivity contribution >= 4 is 11.9 Å². The third-order valence-electron chi connectivity index (χ3n) is 3.84. The molecule has 1 aliphatic carbocycles. The summed E-state index contributed by atoms with van der Waals surface area (Å²) in [5.41, 5.74) is 0.333. The van der Waals surface area contributed by atoms with Crippen LogP contribution in [0.4, 0.5) is 0 Å². The van der Waals surface area contributed by atoms with Crippen LogP contribution < -0.4 is 5.32 Å². The van der Waals surface area contributed by atoms with Gasteiger partial charge in [-0.05, 0) is 30.1 Å². The summed E-state index contributed by atoms with van der Waals surface area (Å²) in [6.07, 6.45) is 2.90. The zero-order valence-corrected chi connectivity index (χ0v) is 12.9. The Hall–Kier alpha value is -1.85. The molecular formula is C15H22N2O4. The van der Waals surface area contributed by atoms with Crippen molar-refractivity contribution in [1.29, 1.82) is 0 Å². The molecule has 0 unspecified atom stereocenters. The predicted molar refractivity (Wildman–Crippen MR) is 76.1 cm³/mol. The van der Waals surface area contributed by atoms with Gasteiger partial charge in [0.05, 0.1) is 0 Å². The summed E-state index contributed by atoms with van der Waals surface area (Å²) < 4.78 is 4.61. The maximum absolute atomic E-state index is 12.1. The van der Waals surface area contributed by atoms with E-state index >= 15 is 0 Å². The van der Waals surface area contributed by atoms with Crippen molar-refractivity contribution in [3.63, 3.8) is 0 Å². The van der Waals surface area contributed by atoms with Crippen LogP contribution in [-0.4, -0.2) is 28.2 Å². The highest BCUT2D eigenvalue weighted by Gasteiger charge is 2.39. The van der Waals surface area contributed by atoms with E-state index in [0.717, 1.165) is 25.3 Å². The zero-order chi connectivity index (χ0) is 15.8. The number of amides is 1. The molecule has 1 saturated carbocycles. The first-order chi connectivity index (χ1) is 9.58. The topological polar surface area (TPSA) is 92.4 Å². The summed E-state index contributed by atoms with van der Waals surface area (Å²) >= 11 is 0. The van der Waals surface area contributed by atoms with Gasteiger partial charge in [0.1, 0.15) is 0 Å². The minimum Gasteiger partial charge on any atom is -0.475 e. The van der Waals surface area contributed by atoms with E-state index in [1.807, 2.05) is 0 Å². The lowest BCUT2D eigenvalue weighted by Gasteiger charge is -2.45. The third-order valence-corrected chi connectivity index (χ3v) is 3.84. The Bertz CT molecular complexity index is 544. The minimum atomic E-state index is -1.23. The lowest BCUT2D eigenvalue weighted by molar-refractivity contribution is 0.0646. The average molecular weight is 294 g/mol. The Morgan fingerprint density at radius 2 is 1.86 bits per heavy atom. The van der Waals surface area contributed by atoms with Crippen molar-refractivity contribution in [1.82, 2.24) is 10.5 Å². The number of hydrogen-bond acceptors (Lipinski definition) is 4. The molecular weight excluding hydrogens is 272 g/mol. The van der Waals surface area contributed by atoms with Gasteiger partial charge in [0.25, 0.3) is 5.91 Å².